The van der Waals surface area contributed by atoms with Crippen LogP contribution in [-0.2, 0) is 0 Å². The van der Waals surface area contributed by atoms with Gasteiger partial charge in [-0.25, -0.2) is 0 Å². The standard InChI is InChI=1S/C17H29N3O/c1-7-18-15-9-8-14(10-13(15)4)17(21)19-16(12(2)3)11-20(5)6/h8-10,12,16,18H,7,11H2,1-6H3,(H,19,21). The Morgan fingerprint density at radius 3 is 2.43 bits per heavy atom. The van der Waals surface area contributed by atoms with Crippen molar-refractivity contribution in [2.75, 3.05) is 32.5 Å². The Kier molecular flexibility index (Phi) is 6.69. The first kappa shape index (κ1) is 17.5. The number of hydrogen-bond donors (Lipinski definition) is 2. The van der Waals surface area contributed by atoms with Crippen LogP contribution in [0.25, 0.3) is 0 Å². The quantitative estimate of drug-likeness (QED) is 0.812. The van der Waals surface area contributed by atoms with Crippen molar-refractivity contribution >= 4 is 11.6 Å². The average Bonchev–Trinajstić information content (AvgIpc) is 2.39. The van der Waals surface area contributed by atoms with Crippen LogP contribution in [-0.4, -0.2) is 44.0 Å². The summed E-state index contributed by atoms with van der Waals surface area (Å²) in [7, 11) is 4.05. The molecule has 0 saturated heterocycles. The zero-order valence-corrected chi connectivity index (χ0v) is 14.2. The van der Waals surface area contributed by atoms with Crippen molar-refractivity contribution in [3.05, 3.63) is 29.3 Å². The minimum atomic E-state index is 0.00157. The van der Waals surface area contributed by atoms with Gasteiger partial charge in [0.1, 0.15) is 0 Å². The number of likely N-dealkylation sites (N-methyl/N-ethyl adjacent to an activating group) is 1. The lowest BCUT2D eigenvalue weighted by Gasteiger charge is -2.25. The highest BCUT2D eigenvalue weighted by Crippen LogP contribution is 2.16. The van der Waals surface area contributed by atoms with Crippen molar-refractivity contribution in [2.45, 2.75) is 33.7 Å². The van der Waals surface area contributed by atoms with Crippen LogP contribution in [0.5, 0.6) is 0 Å². The Bertz CT molecular complexity index is 469. The second-order valence-electron chi connectivity index (χ2n) is 6.15. The van der Waals surface area contributed by atoms with Crippen LogP contribution >= 0.6 is 0 Å². The molecule has 1 aromatic carbocycles. The number of carbonyl (C=O) groups is 1. The molecular formula is C17H29N3O. The van der Waals surface area contributed by atoms with Gasteiger partial charge in [-0.3, -0.25) is 4.79 Å². The van der Waals surface area contributed by atoms with Crippen molar-refractivity contribution in [1.82, 2.24) is 10.2 Å². The summed E-state index contributed by atoms with van der Waals surface area (Å²) in [6.07, 6.45) is 0. The molecule has 4 nitrogen and oxygen atoms in total. The van der Waals surface area contributed by atoms with Crippen LogP contribution in [0.15, 0.2) is 18.2 Å². The van der Waals surface area contributed by atoms with Gasteiger partial charge in [0.2, 0.25) is 0 Å². The fraction of sp³-hybridized carbons (Fsp3) is 0.588. The Labute approximate surface area is 128 Å². The zero-order chi connectivity index (χ0) is 16.0. The summed E-state index contributed by atoms with van der Waals surface area (Å²) in [5.41, 5.74) is 2.90. The molecule has 1 amide bonds. The molecule has 1 rings (SSSR count). The van der Waals surface area contributed by atoms with E-state index in [0.29, 0.717) is 5.92 Å². The fourth-order valence-electron chi connectivity index (χ4n) is 2.26. The number of nitrogens with zero attached hydrogens (tertiary/aromatic N) is 1. The summed E-state index contributed by atoms with van der Waals surface area (Å²) in [6, 6.07) is 5.96. The molecule has 1 unspecified atom stereocenters. The molecule has 0 aliphatic heterocycles. The van der Waals surface area contributed by atoms with Crippen LogP contribution in [0, 0.1) is 12.8 Å². The topological polar surface area (TPSA) is 44.4 Å². The summed E-state index contributed by atoms with van der Waals surface area (Å²) in [6.45, 7) is 10.1. The van der Waals surface area contributed by atoms with Gasteiger partial charge in [0.25, 0.3) is 5.91 Å². The van der Waals surface area contributed by atoms with Gasteiger partial charge >= 0.3 is 0 Å². The fourth-order valence-corrected chi connectivity index (χ4v) is 2.26. The van der Waals surface area contributed by atoms with Crippen LogP contribution < -0.4 is 10.6 Å². The van der Waals surface area contributed by atoms with Crippen LogP contribution in [0.4, 0.5) is 5.69 Å². The number of amides is 1. The molecule has 1 aromatic rings. The SMILES string of the molecule is CCNc1ccc(C(=O)NC(CN(C)C)C(C)C)cc1C. The van der Waals surface area contributed by atoms with Crippen molar-refractivity contribution < 1.29 is 4.79 Å². The highest BCUT2D eigenvalue weighted by atomic mass is 16.1. The molecule has 2 N–H and O–H groups in total. The van der Waals surface area contributed by atoms with E-state index in [-0.39, 0.29) is 11.9 Å². The monoisotopic (exact) mass is 291 g/mol. The normalized spacial score (nSPS) is 12.6. The van der Waals surface area contributed by atoms with Gasteiger partial charge < -0.3 is 15.5 Å². The average molecular weight is 291 g/mol. The summed E-state index contributed by atoms with van der Waals surface area (Å²) in [5, 5.41) is 6.43. The number of carbonyl (C=O) groups excluding carboxylic acids is 1. The second-order valence-corrected chi connectivity index (χ2v) is 6.15. The van der Waals surface area contributed by atoms with E-state index in [2.05, 4.69) is 36.3 Å². The van der Waals surface area contributed by atoms with Crippen LogP contribution in [0.3, 0.4) is 0 Å². The van der Waals surface area contributed by atoms with Gasteiger partial charge in [-0.15, -0.1) is 0 Å². The highest BCUT2D eigenvalue weighted by molar-refractivity contribution is 5.95. The van der Waals surface area contributed by atoms with E-state index < -0.39 is 0 Å². The molecule has 0 aliphatic rings. The number of rotatable bonds is 7. The molecule has 21 heavy (non-hydrogen) atoms. The maximum Gasteiger partial charge on any atom is 0.251 e. The summed E-state index contributed by atoms with van der Waals surface area (Å²) in [4.78, 5) is 14.5. The van der Waals surface area contributed by atoms with Crippen molar-refractivity contribution in [1.29, 1.82) is 0 Å². The first-order chi connectivity index (χ1) is 9.85. The molecule has 0 spiro atoms. The van der Waals surface area contributed by atoms with Gasteiger partial charge in [0, 0.05) is 30.4 Å². The molecule has 1 atom stereocenters. The zero-order valence-electron chi connectivity index (χ0n) is 14.2. The molecule has 0 heterocycles. The Morgan fingerprint density at radius 2 is 1.95 bits per heavy atom. The van der Waals surface area contributed by atoms with Gasteiger partial charge in [-0.2, -0.15) is 0 Å². The molecule has 0 aliphatic carbocycles. The van der Waals surface area contributed by atoms with E-state index >= 15 is 0 Å². The molecule has 0 bridgehead atoms. The van der Waals surface area contributed by atoms with Crippen LogP contribution in [0.1, 0.15) is 36.7 Å². The molecule has 118 valence electrons. The molecule has 0 saturated carbocycles. The van der Waals surface area contributed by atoms with Crippen molar-refractivity contribution in [2.24, 2.45) is 5.92 Å². The summed E-state index contributed by atoms with van der Waals surface area (Å²) in [5.74, 6) is 0.403. The van der Waals surface area contributed by atoms with E-state index in [4.69, 9.17) is 0 Å². The molecule has 4 heteroatoms. The summed E-state index contributed by atoms with van der Waals surface area (Å²) < 4.78 is 0. The summed E-state index contributed by atoms with van der Waals surface area (Å²) >= 11 is 0. The van der Waals surface area contributed by atoms with E-state index in [1.807, 2.05) is 39.2 Å². The van der Waals surface area contributed by atoms with Crippen molar-refractivity contribution in [3.63, 3.8) is 0 Å². The molecule has 0 aromatic heterocycles. The highest BCUT2D eigenvalue weighted by Gasteiger charge is 2.18. The lowest BCUT2D eigenvalue weighted by Crippen LogP contribution is -2.45. The maximum atomic E-state index is 12.4. The van der Waals surface area contributed by atoms with Gasteiger partial charge in [-0.05, 0) is 57.6 Å². The number of nitrogens with one attached hydrogen (secondary N) is 2. The Morgan fingerprint density at radius 1 is 1.29 bits per heavy atom. The first-order valence-electron chi connectivity index (χ1n) is 7.65. The van der Waals surface area contributed by atoms with Gasteiger partial charge in [0.05, 0.1) is 0 Å². The lowest BCUT2D eigenvalue weighted by atomic mass is 10.0. The minimum Gasteiger partial charge on any atom is -0.385 e. The van der Waals surface area contributed by atoms with E-state index in [9.17, 15) is 4.79 Å². The number of anilines is 1. The molecule has 0 fully saturated rings. The van der Waals surface area contributed by atoms with Crippen molar-refractivity contribution in [3.8, 4) is 0 Å². The first-order valence-corrected chi connectivity index (χ1v) is 7.65. The third-order valence-electron chi connectivity index (χ3n) is 3.54. The second kappa shape index (κ2) is 8.03. The van der Waals surface area contributed by atoms with Gasteiger partial charge in [0.15, 0.2) is 0 Å². The number of benzene rings is 1. The van der Waals surface area contributed by atoms with E-state index in [0.717, 1.165) is 29.9 Å². The van der Waals surface area contributed by atoms with Gasteiger partial charge in [-0.1, -0.05) is 13.8 Å². The van der Waals surface area contributed by atoms with Crippen LogP contribution in [0.2, 0.25) is 0 Å². The smallest absolute Gasteiger partial charge is 0.251 e. The van der Waals surface area contributed by atoms with E-state index in [1.54, 1.807) is 0 Å². The minimum absolute atomic E-state index is 0.00157. The lowest BCUT2D eigenvalue weighted by molar-refractivity contribution is 0.0916. The Hall–Kier alpha value is -1.55. The molecular weight excluding hydrogens is 262 g/mol. The number of hydrogen-bond acceptors (Lipinski definition) is 3. The predicted octanol–water partition coefficient (Wildman–Crippen LogP) is 2.74. The van der Waals surface area contributed by atoms with E-state index in [1.165, 1.54) is 0 Å². The molecule has 0 radical (unpaired) electrons. The number of aryl methyl sites for hydroxylation is 1. The third kappa shape index (κ3) is 5.38. The third-order valence-corrected chi connectivity index (χ3v) is 3.54. The predicted molar refractivity (Wildman–Crippen MR) is 90.0 cm³/mol. The Balaban J connectivity index is 2.80. The largest absolute Gasteiger partial charge is 0.385 e. The maximum absolute atomic E-state index is 12.4.